The zero-order valence-electron chi connectivity index (χ0n) is 23.3. The topological polar surface area (TPSA) is 152 Å². The van der Waals surface area contributed by atoms with Gasteiger partial charge in [-0.2, -0.15) is 0 Å². The molecule has 212 valence electrons. The number of alkyl carbamates (subject to hydrolysis) is 1. The van der Waals surface area contributed by atoms with Gasteiger partial charge in [0, 0.05) is 30.7 Å². The predicted octanol–water partition coefficient (Wildman–Crippen LogP) is 2.78. The average Bonchev–Trinajstić information content (AvgIpc) is 2.94. The van der Waals surface area contributed by atoms with Gasteiger partial charge in [-0.25, -0.2) is 9.78 Å². The Morgan fingerprint density at radius 1 is 1.12 bits per heavy atom. The highest BCUT2D eigenvalue weighted by Crippen LogP contribution is 2.32. The lowest BCUT2D eigenvalue weighted by Gasteiger charge is -2.42. The van der Waals surface area contributed by atoms with Crippen LogP contribution in [-0.2, 0) is 4.74 Å². The van der Waals surface area contributed by atoms with Gasteiger partial charge in [0.2, 0.25) is 0 Å². The first-order valence-electron chi connectivity index (χ1n) is 13.7. The number of nitrogens with zero attached hydrogens (tertiary/aromatic N) is 4. The summed E-state index contributed by atoms with van der Waals surface area (Å²) in [6, 6.07) is 9.35. The predicted molar refractivity (Wildman–Crippen MR) is 156 cm³/mol. The molecule has 0 saturated carbocycles. The number of ether oxygens (including phenoxy) is 1. The molecule has 11 heteroatoms. The lowest BCUT2D eigenvalue weighted by molar-refractivity contribution is 0.102. The molecule has 1 unspecified atom stereocenters. The number of likely N-dealkylation sites (tertiary alicyclic amines) is 1. The Balaban J connectivity index is 1.36. The van der Waals surface area contributed by atoms with Crippen LogP contribution < -0.4 is 27.0 Å². The van der Waals surface area contributed by atoms with Crippen LogP contribution in [0.2, 0.25) is 0 Å². The zero-order valence-corrected chi connectivity index (χ0v) is 23.3. The van der Waals surface area contributed by atoms with E-state index < -0.39 is 12.0 Å². The second-order valence-corrected chi connectivity index (χ2v) is 11.0. The molecule has 0 aliphatic carbocycles. The SMILES string of the molecule is COC(=O)N[C@H]1C(C)CN(c2ccncc2NC(=O)c2nc3cc(C4CCN(C)CC4)ccc3cc2N)C[C@H]1N. The van der Waals surface area contributed by atoms with Crippen molar-refractivity contribution < 1.29 is 14.3 Å². The average molecular weight is 547 g/mol. The van der Waals surface area contributed by atoms with Crippen molar-refractivity contribution >= 4 is 40.0 Å². The third kappa shape index (κ3) is 5.80. The zero-order chi connectivity index (χ0) is 28.4. The third-order valence-electron chi connectivity index (χ3n) is 8.15. The molecule has 3 atom stereocenters. The number of benzene rings is 1. The van der Waals surface area contributed by atoms with Crippen LogP contribution in [0.3, 0.4) is 0 Å². The minimum Gasteiger partial charge on any atom is -0.453 e. The molecule has 0 spiro atoms. The Labute approximate surface area is 234 Å². The standard InChI is InChI=1S/C29H38N8O3/c1-17-15-37(16-22(31)26(17)35-29(39)40-3)25-6-9-32-14-24(25)34-28(38)27-21(30)12-20-5-4-19(13-23(20)33-27)18-7-10-36(2)11-8-18/h4-6,9,12-14,17-18,22,26H,7-8,10-11,15-16,30-31H2,1-3H3,(H,34,38)(H,35,39)/t17?,22-,26+/m1/s1. The van der Waals surface area contributed by atoms with Gasteiger partial charge in [0.15, 0.2) is 5.69 Å². The van der Waals surface area contributed by atoms with Crippen molar-refractivity contribution in [2.45, 2.75) is 37.8 Å². The van der Waals surface area contributed by atoms with E-state index in [1.165, 1.54) is 12.7 Å². The number of hydrogen-bond acceptors (Lipinski definition) is 9. The van der Waals surface area contributed by atoms with E-state index in [9.17, 15) is 9.59 Å². The summed E-state index contributed by atoms with van der Waals surface area (Å²) < 4.78 is 4.75. The number of fused-ring (bicyclic) bond motifs is 1. The number of nitrogens with two attached hydrogens (primary N) is 2. The van der Waals surface area contributed by atoms with Gasteiger partial charge in [-0.1, -0.05) is 19.1 Å². The van der Waals surface area contributed by atoms with Crippen LogP contribution in [0.5, 0.6) is 0 Å². The van der Waals surface area contributed by atoms with Crippen molar-refractivity contribution in [2.75, 3.05) is 56.3 Å². The van der Waals surface area contributed by atoms with E-state index in [0.717, 1.165) is 42.5 Å². The molecule has 2 aliphatic heterocycles. The molecule has 6 N–H and O–H groups in total. The maximum absolute atomic E-state index is 13.5. The number of nitrogen functional groups attached to an aromatic ring is 1. The molecule has 2 aromatic heterocycles. The largest absolute Gasteiger partial charge is 0.453 e. The summed E-state index contributed by atoms with van der Waals surface area (Å²) in [6.45, 7) is 5.25. The van der Waals surface area contributed by atoms with Gasteiger partial charge in [0.05, 0.1) is 41.9 Å². The Kier molecular flexibility index (Phi) is 8.04. The van der Waals surface area contributed by atoms with Crippen LogP contribution >= 0.6 is 0 Å². The fourth-order valence-corrected chi connectivity index (χ4v) is 5.89. The maximum atomic E-state index is 13.5. The molecule has 40 heavy (non-hydrogen) atoms. The molecule has 2 aliphatic rings. The summed E-state index contributed by atoms with van der Waals surface area (Å²) in [5, 5.41) is 6.71. The van der Waals surface area contributed by atoms with Crippen molar-refractivity contribution in [3.8, 4) is 0 Å². The summed E-state index contributed by atoms with van der Waals surface area (Å²) in [4.78, 5) is 38.6. The Morgan fingerprint density at radius 2 is 1.90 bits per heavy atom. The fraction of sp³-hybridized carbons (Fsp3) is 0.448. The highest BCUT2D eigenvalue weighted by molar-refractivity contribution is 6.09. The summed E-state index contributed by atoms with van der Waals surface area (Å²) in [5.74, 6) is 0.116. The molecule has 0 radical (unpaired) electrons. The molecule has 2 saturated heterocycles. The molecule has 3 aromatic rings. The molecular weight excluding hydrogens is 508 g/mol. The van der Waals surface area contributed by atoms with Gasteiger partial charge in [-0.05, 0) is 68.6 Å². The van der Waals surface area contributed by atoms with Crippen LogP contribution in [0.15, 0.2) is 42.7 Å². The summed E-state index contributed by atoms with van der Waals surface area (Å²) >= 11 is 0. The Bertz CT molecular complexity index is 1380. The summed E-state index contributed by atoms with van der Waals surface area (Å²) in [7, 11) is 3.48. The van der Waals surface area contributed by atoms with Crippen molar-refractivity contribution in [1.29, 1.82) is 0 Å². The van der Waals surface area contributed by atoms with Crippen LogP contribution in [-0.4, -0.2) is 79.3 Å². The highest BCUT2D eigenvalue weighted by Gasteiger charge is 2.34. The molecular formula is C29H38N8O3. The second-order valence-electron chi connectivity index (χ2n) is 11.0. The minimum atomic E-state index is -0.503. The first-order valence-corrected chi connectivity index (χ1v) is 13.7. The van der Waals surface area contributed by atoms with Crippen LogP contribution in [0.25, 0.3) is 10.9 Å². The monoisotopic (exact) mass is 546 g/mol. The number of rotatable bonds is 5. The van der Waals surface area contributed by atoms with Crippen LogP contribution in [0, 0.1) is 5.92 Å². The van der Waals surface area contributed by atoms with E-state index in [4.69, 9.17) is 21.2 Å². The minimum absolute atomic E-state index is 0.0381. The number of anilines is 3. The molecule has 5 rings (SSSR count). The molecule has 11 nitrogen and oxygen atoms in total. The van der Waals surface area contributed by atoms with Crippen LogP contribution in [0.4, 0.5) is 21.9 Å². The number of hydrogen-bond donors (Lipinski definition) is 4. The smallest absolute Gasteiger partial charge is 0.407 e. The lowest BCUT2D eigenvalue weighted by Crippen LogP contribution is -2.62. The van der Waals surface area contributed by atoms with Gasteiger partial charge < -0.3 is 36.6 Å². The Hall–Kier alpha value is -3.96. The number of amides is 2. The first-order chi connectivity index (χ1) is 19.2. The van der Waals surface area contributed by atoms with E-state index in [0.29, 0.717) is 30.4 Å². The van der Waals surface area contributed by atoms with Crippen molar-refractivity contribution in [3.63, 3.8) is 0 Å². The highest BCUT2D eigenvalue weighted by atomic mass is 16.5. The van der Waals surface area contributed by atoms with Gasteiger partial charge >= 0.3 is 6.09 Å². The number of methoxy groups -OCH3 is 1. The van der Waals surface area contributed by atoms with Crippen LogP contribution in [0.1, 0.15) is 41.7 Å². The normalized spacial score (nSPS) is 22.2. The third-order valence-corrected chi connectivity index (χ3v) is 8.15. The van der Waals surface area contributed by atoms with E-state index in [1.807, 2.05) is 19.1 Å². The molecule has 2 amide bonds. The summed E-state index contributed by atoms with van der Waals surface area (Å²) in [6.07, 6.45) is 4.99. The molecule has 4 heterocycles. The van der Waals surface area contributed by atoms with E-state index in [2.05, 4.69) is 44.6 Å². The van der Waals surface area contributed by atoms with Gasteiger partial charge in [-0.15, -0.1) is 0 Å². The molecule has 2 fully saturated rings. The first kappa shape index (κ1) is 27.6. The number of pyridine rings is 2. The van der Waals surface area contributed by atoms with Gasteiger partial charge in [0.25, 0.3) is 5.91 Å². The second kappa shape index (κ2) is 11.6. The maximum Gasteiger partial charge on any atom is 0.407 e. The van der Waals surface area contributed by atoms with E-state index in [1.54, 1.807) is 18.5 Å². The quantitative estimate of drug-likeness (QED) is 0.378. The number of nitrogens with one attached hydrogen (secondary N) is 2. The Morgan fingerprint density at radius 3 is 2.62 bits per heavy atom. The molecule has 0 bridgehead atoms. The van der Waals surface area contributed by atoms with Crippen molar-refractivity contribution in [2.24, 2.45) is 11.7 Å². The number of carbonyl (C=O) groups excluding carboxylic acids is 2. The summed E-state index contributed by atoms with van der Waals surface area (Å²) in [5.41, 5.74) is 16.6. The van der Waals surface area contributed by atoms with Gasteiger partial charge in [-0.3, -0.25) is 9.78 Å². The molecule has 1 aromatic carbocycles. The number of carbonyl (C=O) groups is 2. The van der Waals surface area contributed by atoms with E-state index >= 15 is 0 Å². The number of piperidine rings is 2. The van der Waals surface area contributed by atoms with E-state index in [-0.39, 0.29) is 23.7 Å². The van der Waals surface area contributed by atoms with Crippen molar-refractivity contribution in [1.82, 2.24) is 20.2 Å². The number of aromatic nitrogens is 2. The lowest BCUT2D eigenvalue weighted by atomic mass is 9.89. The fourth-order valence-electron chi connectivity index (χ4n) is 5.89. The van der Waals surface area contributed by atoms with Crippen molar-refractivity contribution in [3.05, 3.63) is 54.0 Å². The van der Waals surface area contributed by atoms with Gasteiger partial charge in [0.1, 0.15) is 0 Å².